The maximum absolute atomic E-state index is 12.3. The van der Waals surface area contributed by atoms with Crippen LogP contribution in [0.25, 0.3) is 0 Å². The molecular formula is C16H15N3O5S2. The van der Waals surface area contributed by atoms with E-state index in [-0.39, 0.29) is 28.1 Å². The maximum atomic E-state index is 12.3. The number of rotatable bonds is 7. The molecule has 1 aromatic heterocycles. The summed E-state index contributed by atoms with van der Waals surface area (Å²) in [7, 11) is -7.34. The smallest absolute Gasteiger partial charge is 0.241 e. The third-order valence-corrected chi connectivity index (χ3v) is 6.43. The minimum atomic E-state index is -3.72. The molecule has 0 bridgehead atoms. The summed E-state index contributed by atoms with van der Waals surface area (Å²) < 4.78 is 56.4. The quantitative estimate of drug-likeness (QED) is 0.646. The third kappa shape index (κ3) is 4.34. The normalized spacial score (nSPS) is 12.2. The zero-order chi connectivity index (χ0) is 18.6. The molecule has 0 saturated carbocycles. The van der Waals surface area contributed by atoms with Crippen molar-refractivity contribution < 1.29 is 21.3 Å². The number of nitrogens with one attached hydrogen (secondary N) is 1. The van der Waals surface area contributed by atoms with Gasteiger partial charge in [-0.15, -0.1) is 10.2 Å². The lowest BCUT2D eigenvalue weighted by atomic mass is 10.4. The van der Waals surface area contributed by atoms with Gasteiger partial charge < -0.3 is 4.42 Å². The van der Waals surface area contributed by atoms with E-state index in [1.807, 2.05) is 0 Å². The minimum absolute atomic E-state index is 0.0252. The summed E-state index contributed by atoms with van der Waals surface area (Å²) in [6, 6.07) is 15.7. The van der Waals surface area contributed by atoms with Crippen LogP contribution in [0, 0.1) is 0 Å². The molecule has 0 radical (unpaired) electrons. The summed E-state index contributed by atoms with van der Waals surface area (Å²) in [6.45, 7) is -0.240. The largest absolute Gasteiger partial charge is 0.423 e. The molecule has 0 unspecified atom stereocenters. The van der Waals surface area contributed by atoms with Gasteiger partial charge in [-0.3, -0.25) is 0 Å². The summed E-state index contributed by atoms with van der Waals surface area (Å²) in [4.78, 5) is 0.246. The van der Waals surface area contributed by atoms with E-state index in [1.54, 1.807) is 36.4 Å². The average molecular weight is 393 g/mol. The van der Waals surface area contributed by atoms with Gasteiger partial charge in [0.05, 0.1) is 16.3 Å². The van der Waals surface area contributed by atoms with Crippen LogP contribution < -0.4 is 4.72 Å². The second kappa shape index (κ2) is 7.36. The zero-order valence-corrected chi connectivity index (χ0v) is 15.1. The molecule has 0 fully saturated rings. The van der Waals surface area contributed by atoms with Crippen LogP contribution in [0.2, 0.25) is 0 Å². The van der Waals surface area contributed by atoms with Gasteiger partial charge in [-0.25, -0.2) is 21.6 Å². The van der Waals surface area contributed by atoms with Gasteiger partial charge >= 0.3 is 0 Å². The van der Waals surface area contributed by atoms with Gasteiger partial charge in [0, 0.05) is 0 Å². The predicted octanol–water partition coefficient (Wildman–Crippen LogP) is 1.52. The molecular weight excluding hydrogens is 378 g/mol. The van der Waals surface area contributed by atoms with Crippen LogP contribution in [-0.4, -0.2) is 27.0 Å². The van der Waals surface area contributed by atoms with Crippen LogP contribution >= 0.6 is 0 Å². The number of nitrogens with zero attached hydrogens (tertiary/aromatic N) is 2. The number of sulfone groups is 1. The minimum Gasteiger partial charge on any atom is -0.423 e. The van der Waals surface area contributed by atoms with E-state index in [4.69, 9.17) is 4.42 Å². The lowest BCUT2D eigenvalue weighted by Crippen LogP contribution is -2.23. The molecule has 1 heterocycles. The molecule has 3 rings (SSSR count). The van der Waals surface area contributed by atoms with Gasteiger partial charge in [0.2, 0.25) is 21.8 Å². The van der Waals surface area contributed by atoms with E-state index in [1.165, 1.54) is 24.3 Å². The lowest BCUT2D eigenvalue weighted by Gasteiger charge is -2.04. The lowest BCUT2D eigenvalue weighted by molar-refractivity contribution is 0.454. The SMILES string of the molecule is O=S(=O)(Cc1nnc(CNS(=O)(=O)c2ccccc2)o1)c1ccccc1. The van der Waals surface area contributed by atoms with Gasteiger partial charge in [-0.05, 0) is 24.3 Å². The molecule has 0 aliphatic heterocycles. The van der Waals surface area contributed by atoms with Crippen molar-refractivity contribution in [2.24, 2.45) is 0 Å². The number of hydrogen-bond acceptors (Lipinski definition) is 7. The monoisotopic (exact) mass is 393 g/mol. The molecule has 0 amide bonds. The Balaban J connectivity index is 1.67. The van der Waals surface area contributed by atoms with Crippen molar-refractivity contribution in [3.63, 3.8) is 0 Å². The summed E-state index contributed by atoms with van der Waals surface area (Å²) >= 11 is 0. The van der Waals surface area contributed by atoms with Crippen molar-refractivity contribution in [2.75, 3.05) is 0 Å². The Labute approximate surface area is 150 Å². The first-order chi connectivity index (χ1) is 12.4. The van der Waals surface area contributed by atoms with Crippen molar-refractivity contribution in [1.82, 2.24) is 14.9 Å². The maximum Gasteiger partial charge on any atom is 0.241 e. The second-order valence-corrected chi connectivity index (χ2v) is 9.06. The van der Waals surface area contributed by atoms with E-state index in [9.17, 15) is 16.8 Å². The Morgan fingerprint density at radius 3 is 1.92 bits per heavy atom. The molecule has 1 N–H and O–H groups in total. The molecule has 0 saturated heterocycles. The highest BCUT2D eigenvalue weighted by atomic mass is 32.2. The first kappa shape index (κ1) is 18.2. The molecule has 26 heavy (non-hydrogen) atoms. The molecule has 3 aromatic rings. The van der Waals surface area contributed by atoms with E-state index in [0.717, 1.165) is 0 Å². The fourth-order valence-electron chi connectivity index (χ4n) is 2.13. The van der Waals surface area contributed by atoms with Crippen LogP contribution in [0.1, 0.15) is 11.8 Å². The summed E-state index contributed by atoms with van der Waals surface area (Å²) in [6.07, 6.45) is 0. The molecule has 10 heteroatoms. The number of hydrogen-bond donors (Lipinski definition) is 1. The predicted molar refractivity (Wildman–Crippen MR) is 92.1 cm³/mol. The van der Waals surface area contributed by atoms with E-state index >= 15 is 0 Å². The Kier molecular flexibility index (Phi) is 5.16. The molecule has 0 spiro atoms. The van der Waals surface area contributed by atoms with Crippen molar-refractivity contribution in [3.8, 4) is 0 Å². The Hall–Kier alpha value is -2.56. The summed E-state index contributed by atoms with van der Waals surface area (Å²) in [5.41, 5.74) is 0. The molecule has 0 atom stereocenters. The standard InChI is InChI=1S/C16H15N3O5S2/c20-25(21,13-7-3-1-4-8-13)12-16-19-18-15(24-16)11-17-26(22,23)14-9-5-2-6-10-14/h1-10,17H,11-12H2. The topological polar surface area (TPSA) is 119 Å². The third-order valence-electron chi connectivity index (χ3n) is 3.39. The van der Waals surface area contributed by atoms with Crippen molar-refractivity contribution in [2.45, 2.75) is 22.1 Å². The molecule has 8 nitrogen and oxygen atoms in total. The van der Waals surface area contributed by atoms with Crippen LogP contribution in [0.4, 0.5) is 0 Å². The zero-order valence-electron chi connectivity index (χ0n) is 13.4. The van der Waals surface area contributed by atoms with Gasteiger partial charge in [0.1, 0.15) is 5.75 Å². The Bertz CT molecular complexity index is 1080. The first-order valence-corrected chi connectivity index (χ1v) is 10.6. The fourth-order valence-corrected chi connectivity index (χ4v) is 4.31. The fraction of sp³-hybridized carbons (Fsp3) is 0.125. The van der Waals surface area contributed by atoms with Crippen LogP contribution in [0.15, 0.2) is 74.9 Å². The van der Waals surface area contributed by atoms with Gasteiger partial charge in [-0.1, -0.05) is 36.4 Å². The molecule has 136 valence electrons. The second-order valence-electron chi connectivity index (χ2n) is 5.30. The average Bonchev–Trinajstić information content (AvgIpc) is 3.08. The summed E-state index contributed by atoms with van der Waals surface area (Å²) in [5, 5.41) is 7.35. The van der Waals surface area contributed by atoms with Crippen molar-refractivity contribution >= 4 is 19.9 Å². The number of aromatic nitrogens is 2. The van der Waals surface area contributed by atoms with E-state index < -0.39 is 25.6 Å². The molecule has 0 aliphatic carbocycles. The highest BCUT2D eigenvalue weighted by Crippen LogP contribution is 2.15. The highest BCUT2D eigenvalue weighted by Gasteiger charge is 2.20. The van der Waals surface area contributed by atoms with E-state index in [2.05, 4.69) is 14.9 Å². The van der Waals surface area contributed by atoms with Crippen molar-refractivity contribution in [3.05, 3.63) is 72.4 Å². The van der Waals surface area contributed by atoms with Crippen LogP contribution in [-0.2, 0) is 32.2 Å². The van der Waals surface area contributed by atoms with Gasteiger partial charge in [0.25, 0.3) is 0 Å². The Morgan fingerprint density at radius 1 is 0.769 bits per heavy atom. The Morgan fingerprint density at radius 2 is 1.31 bits per heavy atom. The molecule has 0 aliphatic rings. The van der Waals surface area contributed by atoms with Crippen LogP contribution in [0.3, 0.4) is 0 Å². The van der Waals surface area contributed by atoms with Gasteiger partial charge in [0.15, 0.2) is 9.84 Å². The summed E-state index contributed by atoms with van der Waals surface area (Å²) in [5.74, 6) is -0.597. The number of benzene rings is 2. The van der Waals surface area contributed by atoms with Crippen LogP contribution in [0.5, 0.6) is 0 Å². The number of sulfonamides is 1. The van der Waals surface area contributed by atoms with E-state index in [0.29, 0.717) is 0 Å². The molecule has 2 aromatic carbocycles. The first-order valence-electron chi connectivity index (χ1n) is 7.51. The highest BCUT2D eigenvalue weighted by molar-refractivity contribution is 7.90. The van der Waals surface area contributed by atoms with Crippen molar-refractivity contribution in [1.29, 1.82) is 0 Å². The van der Waals surface area contributed by atoms with Gasteiger partial charge in [-0.2, -0.15) is 0 Å².